The van der Waals surface area contributed by atoms with Gasteiger partial charge in [0.1, 0.15) is 17.0 Å². The van der Waals surface area contributed by atoms with Crippen LogP contribution in [0.3, 0.4) is 0 Å². The Hall–Kier alpha value is -2.11. The van der Waals surface area contributed by atoms with Crippen LogP contribution in [-0.2, 0) is 9.53 Å². The topological polar surface area (TPSA) is 78.7 Å². The van der Waals surface area contributed by atoms with Crippen LogP contribution in [-0.4, -0.2) is 22.1 Å². The predicted molar refractivity (Wildman–Crippen MR) is 113 cm³/mol. The third-order valence-electron chi connectivity index (χ3n) is 5.63. The molecule has 1 aromatic rings. The summed E-state index contributed by atoms with van der Waals surface area (Å²) < 4.78 is 12.1. The fraction of sp³-hybridized carbons (Fsp3) is 0.696. The van der Waals surface area contributed by atoms with Crippen molar-refractivity contribution in [1.82, 2.24) is 0 Å². The van der Waals surface area contributed by atoms with Crippen LogP contribution >= 0.6 is 0 Å². The van der Waals surface area contributed by atoms with E-state index in [4.69, 9.17) is 9.47 Å². The quantitative estimate of drug-likeness (QED) is 0.360. The van der Waals surface area contributed by atoms with Crippen LogP contribution in [0.4, 0.5) is 5.69 Å². The molecule has 0 spiro atoms. The number of ether oxygens (including phenoxy) is 2. The summed E-state index contributed by atoms with van der Waals surface area (Å²) in [6.45, 7) is 14.2. The number of rotatable bonds is 4. The number of esters is 1. The lowest BCUT2D eigenvalue weighted by Crippen LogP contribution is -2.44. The molecule has 4 unspecified atom stereocenters. The Balaban J connectivity index is 2.23. The van der Waals surface area contributed by atoms with Gasteiger partial charge in [0.25, 0.3) is 5.69 Å². The molecule has 1 saturated carbocycles. The minimum absolute atomic E-state index is 0.0423. The molecule has 0 saturated heterocycles. The van der Waals surface area contributed by atoms with Gasteiger partial charge in [-0.1, -0.05) is 20.8 Å². The zero-order chi connectivity index (χ0) is 22.0. The number of nitro benzene ring substituents is 1. The molecule has 0 heterocycles. The minimum atomic E-state index is -0.511. The van der Waals surface area contributed by atoms with Gasteiger partial charge in [-0.05, 0) is 76.8 Å². The van der Waals surface area contributed by atoms with Gasteiger partial charge in [-0.2, -0.15) is 0 Å². The molecule has 0 bridgehead atoms. The van der Waals surface area contributed by atoms with Crippen molar-refractivity contribution in [2.75, 3.05) is 0 Å². The molecule has 0 aromatic heterocycles. The molecule has 0 radical (unpaired) electrons. The molecule has 1 fully saturated rings. The summed E-state index contributed by atoms with van der Waals surface area (Å²) in [5.41, 5.74) is -0.931. The molecule has 162 valence electrons. The smallest absolute Gasteiger partial charge is 0.309 e. The first-order valence-electron chi connectivity index (χ1n) is 10.5. The van der Waals surface area contributed by atoms with Gasteiger partial charge in [-0.3, -0.25) is 14.9 Å². The Morgan fingerprint density at radius 2 is 1.69 bits per heavy atom. The second-order valence-electron chi connectivity index (χ2n) is 10.1. The number of nitrogens with zero attached hydrogens (tertiary/aromatic N) is 1. The number of non-ortho nitro benzene ring substituents is 1. The monoisotopic (exact) mass is 405 g/mol. The molecule has 2 rings (SSSR count). The van der Waals surface area contributed by atoms with Crippen LogP contribution in [0.25, 0.3) is 0 Å². The van der Waals surface area contributed by atoms with Gasteiger partial charge in [0, 0.05) is 12.1 Å². The fourth-order valence-electron chi connectivity index (χ4n) is 4.89. The maximum atomic E-state index is 13.0. The van der Waals surface area contributed by atoms with Gasteiger partial charge in [0.15, 0.2) is 0 Å². The Kier molecular flexibility index (Phi) is 6.97. The van der Waals surface area contributed by atoms with Gasteiger partial charge in [0.05, 0.1) is 10.8 Å². The van der Waals surface area contributed by atoms with E-state index < -0.39 is 16.1 Å². The van der Waals surface area contributed by atoms with E-state index >= 15 is 0 Å². The average Bonchev–Trinajstić information content (AvgIpc) is 2.51. The molecule has 1 aromatic carbocycles. The molecule has 0 N–H and O–H groups in total. The Labute approximate surface area is 174 Å². The van der Waals surface area contributed by atoms with Crippen molar-refractivity contribution in [3.8, 4) is 5.75 Å². The second-order valence-corrected chi connectivity index (χ2v) is 10.1. The number of benzene rings is 1. The van der Waals surface area contributed by atoms with Crippen molar-refractivity contribution in [2.45, 2.75) is 78.9 Å². The third-order valence-corrected chi connectivity index (χ3v) is 5.63. The van der Waals surface area contributed by atoms with E-state index in [1.165, 1.54) is 12.1 Å². The van der Waals surface area contributed by atoms with E-state index in [9.17, 15) is 14.9 Å². The number of carbonyl (C=O) groups excluding carboxylic acids is 1. The largest absolute Gasteiger partial charge is 0.488 e. The van der Waals surface area contributed by atoms with Gasteiger partial charge in [0.2, 0.25) is 0 Å². The van der Waals surface area contributed by atoms with Gasteiger partial charge >= 0.3 is 5.97 Å². The standard InChI is InChI=1S/C23H35NO5/c1-15-12-16(2)20(21(25)29-22(4,5)6)17(3)14-23(7,13-15)28-19-10-8-18(9-11-19)24(26)27/h8-11,15-17,20H,12-14H2,1-7H3/t15?,16-,17?,20?,23?/m1/s1. The summed E-state index contributed by atoms with van der Waals surface area (Å²) in [5, 5.41) is 10.9. The van der Waals surface area contributed by atoms with E-state index in [0.29, 0.717) is 18.1 Å². The lowest BCUT2D eigenvalue weighted by molar-refractivity contribution is -0.384. The second kappa shape index (κ2) is 8.72. The minimum Gasteiger partial charge on any atom is -0.488 e. The first-order valence-corrected chi connectivity index (χ1v) is 10.5. The van der Waals surface area contributed by atoms with Crippen LogP contribution < -0.4 is 4.74 Å². The van der Waals surface area contributed by atoms with Crippen molar-refractivity contribution < 1.29 is 19.2 Å². The summed E-state index contributed by atoms with van der Waals surface area (Å²) >= 11 is 0. The molecule has 6 nitrogen and oxygen atoms in total. The van der Waals surface area contributed by atoms with E-state index in [1.807, 2.05) is 20.8 Å². The Bertz CT molecular complexity index is 724. The molecule has 29 heavy (non-hydrogen) atoms. The van der Waals surface area contributed by atoms with E-state index in [1.54, 1.807) is 12.1 Å². The zero-order valence-corrected chi connectivity index (χ0v) is 18.7. The van der Waals surface area contributed by atoms with Crippen LogP contribution in [0.15, 0.2) is 24.3 Å². The normalized spacial score (nSPS) is 30.7. The average molecular weight is 406 g/mol. The lowest BCUT2D eigenvalue weighted by Gasteiger charge is -2.42. The third kappa shape index (κ3) is 6.44. The molecule has 1 aliphatic rings. The fourth-order valence-corrected chi connectivity index (χ4v) is 4.89. The first kappa shape index (κ1) is 23.2. The molecular formula is C23H35NO5. The summed E-state index contributed by atoms with van der Waals surface area (Å²) in [6.07, 6.45) is 2.50. The van der Waals surface area contributed by atoms with Crippen molar-refractivity contribution >= 4 is 11.7 Å². The SMILES string of the molecule is CC1C[C@@H](C)C(C(=O)OC(C)(C)C)C(C)CC(C)(Oc2ccc([N+](=O)[O-])cc2)C1. The lowest BCUT2D eigenvalue weighted by atomic mass is 9.69. The van der Waals surface area contributed by atoms with Crippen molar-refractivity contribution in [2.24, 2.45) is 23.7 Å². The van der Waals surface area contributed by atoms with Crippen LogP contribution in [0.5, 0.6) is 5.75 Å². The predicted octanol–water partition coefficient (Wildman–Crippen LogP) is 5.78. The number of hydrogen-bond acceptors (Lipinski definition) is 5. The van der Waals surface area contributed by atoms with E-state index in [0.717, 1.165) is 12.8 Å². The highest BCUT2D eigenvalue weighted by Gasteiger charge is 2.42. The number of hydrogen-bond donors (Lipinski definition) is 0. The number of carbonyl (C=O) groups is 1. The van der Waals surface area contributed by atoms with E-state index in [-0.39, 0.29) is 29.4 Å². The summed E-state index contributed by atoms with van der Waals surface area (Å²) in [7, 11) is 0. The van der Waals surface area contributed by atoms with Crippen LogP contribution in [0.2, 0.25) is 0 Å². The van der Waals surface area contributed by atoms with Gasteiger partial charge < -0.3 is 9.47 Å². The zero-order valence-electron chi connectivity index (χ0n) is 18.7. The van der Waals surface area contributed by atoms with Crippen molar-refractivity contribution in [3.05, 3.63) is 34.4 Å². The van der Waals surface area contributed by atoms with Crippen molar-refractivity contribution in [3.63, 3.8) is 0 Å². The summed E-state index contributed by atoms with van der Waals surface area (Å²) in [4.78, 5) is 23.4. The molecular weight excluding hydrogens is 370 g/mol. The van der Waals surface area contributed by atoms with E-state index in [2.05, 4.69) is 27.7 Å². The number of nitro groups is 1. The maximum absolute atomic E-state index is 13.0. The van der Waals surface area contributed by atoms with Gasteiger partial charge in [-0.15, -0.1) is 0 Å². The molecule has 1 aliphatic carbocycles. The van der Waals surface area contributed by atoms with Gasteiger partial charge in [-0.25, -0.2) is 0 Å². The summed E-state index contributed by atoms with van der Waals surface area (Å²) in [5.74, 6) is 1.00. The molecule has 0 amide bonds. The van der Waals surface area contributed by atoms with Crippen LogP contribution in [0.1, 0.15) is 67.7 Å². The highest BCUT2D eigenvalue weighted by atomic mass is 16.6. The highest BCUT2D eigenvalue weighted by Crippen LogP contribution is 2.41. The maximum Gasteiger partial charge on any atom is 0.309 e. The van der Waals surface area contributed by atoms with Crippen molar-refractivity contribution in [1.29, 1.82) is 0 Å². The highest BCUT2D eigenvalue weighted by molar-refractivity contribution is 5.73. The Morgan fingerprint density at radius 3 is 2.21 bits per heavy atom. The summed E-state index contributed by atoms with van der Waals surface area (Å²) in [6, 6.07) is 6.21. The Morgan fingerprint density at radius 1 is 1.10 bits per heavy atom. The molecule has 5 atom stereocenters. The first-order chi connectivity index (χ1) is 13.3. The molecule has 0 aliphatic heterocycles. The molecule has 6 heteroatoms. The van der Waals surface area contributed by atoms with Crippen LogP contribution in [0, 0.1) is 33.8 Å².